The minimum Gasteiger partial charge on any atom is -0.464 e. The largest absolute Gasteiger partial charge is 0.464 e. The summed E-state index contributed by atoms with van der Waals surface area (Å²) in [7, 11) is 0. The third-order valence-corrected chi connectivity index (χ3v) is 5.69. The van der Waals surface area contributed by atoms with Crippen molar-refractivity contribution >= 4 is 46.7 Å². The number of aryl methyl sites for hydroxylation is 1. The molecular formula is C21H21NO5S2. The summed E-state index contributed by atoms with van der Waals surface area (Å²) in [5, 5.41) is 0.181. The van der Waals surface area contributed by atoms with Gasteiger partial charge in [-0.25, -0.2) is 0 Å². The zero-order valence-electron chi connectivity index (χ0n) is 16.3. The first-order chi connectivity index (χ1) is 13.8. The van der Waals surface area contributed by atoms with Crippen molar-refractivity contribution in [3.05, 3.63) is 52.6 Å². The second-order valence-corrected chi connectivity index (χ2v) is 8.99. The highest BCUT2D eigenvalue weighted by Crippen LogP contribution is 2.34. The van der Waals surface area contributed by atoms with Crippen LogP contribution in [0, 0.1) is 12.8 Å². The van der Waals surface area contributed by atoms with E-state index in [9.17, 15) is 14.4 Å². The fourth-order valence-electron chi connectivity index (χ4n) is 2.39. The van der Waals surface area contributed by atoms with Crippen LogP contribution in [0.1, 0.15) is 25.2 Å². The highest BCUT2D eigenvalue weighted by atomic mass is 32.2. The van der Waals surface area contributed by atoms with Crippen LogP contribution in [0.2, 0.25) is 0 Å². The lowest BCUT2D eigenvalue weighted by atomic mass is 10.2. The van der Waals surface area contributed by atoms with Crippen molar-refractivity contribution in [1.29, 1.82) is 0 Å². The topological polar surface area (TPSA) is 76.8 Å². The molecule has 0 radical (unpaired) electrons. The van der Waals surface area contributed by atoms with Gasteiger partial charge in [-0.05, 0) is 48.9 Å². The van der Waals surface area contributed by atoms with Gasteiger partial charge in [-0.2, -0.15) is 0 Å². The fourth-order valence-corrected chi connectivity index (χ4v) is 3.99. The number of carbonyl (C=O) groups excluding carboxylic acids is 3. The van der Waals surface area contributed by atoms with Crippen LogP contribution >= 0.6 is 23.5 Å². The second kappa shape index (κ2) is 9.37. The molecule has 0 atom stereocenters. The molecule has 0 bridgehead atoms. The Balaban J connectivity index is 1.64. The predicted molar refractivity (Wildman–Crippen MR) is 112 cm³/mol. The summed E-state index contributed by atoms with van der Waals surface area (Å²) in [6.45, 7) is 5.70. The van der Waals surface area contributed by atoms with E-state index in [-0.39, 0.29) is 24.0 Å². The molecule has 1 aliphatic heterocycles. The monoisotopic (exact) mass is 431 g/mol. The Morgan fingerprint density at radius 3 is 2.62 bits per heavy atom. The number of ether oxygens (including phenoxy) is 1. The first-order valence-electron chi connectivity index (χ1n) is 9.07. The Morgan fingerprint density at radius 2 is 1.93 bits per heavy atom. The van der Waals surface area contributed by atoms with Gasteiger partial charge in [0.1, 0.15) is 12.3 Å². The number of thioether (sulfide) groups is 1. The zero-order valence-corrected chi connectivity index (χ0v) is 18.0. The molecule has 2 amide bonds. The molecule has 1 fully saturated rings. The van der Waals surface area contributed by atoms with Gasteiger partial charge in [-0.1, -0.05) is 43.3 Å². The van der Waals surface area contributed by atoms with Gasteiger partial charge in [0.15, 0.2) is 5.09 Å². The van der Waals surface area contributed by atoms with Crippen LogP contribution in [0.15, 0.2) is 55.7 Å². The molecule has 29 heavy (non-hydrogen) atoms. The number of nitrogens with zero attached hydrogens (tertiary/aromatic N) is 1. The molecule has 0 N–H and O–H groups in total. The smallest absolute Gasteiger partial charge is 0.326 e. The Morgan fingerprint density at radius 1 is 1.21 bits per heavy atom. The van der Waals surface area contributed by atoms with Crippen LogP contribution < -0.4 is 0 Å². The number of amides is 2. The van der Waals surface area contributed by atoms with E-state index in [1.807, 2.05) is 51.1 Å². The molecule has 1 saturated heterocycles. The molecule has 0 spiro atoms. The van der Waals surface area contributed by atoms with Gasteiger partial charge in [0.05, 0.1) is 11.5 Å². The number of rotatable bonds is 7. The highest BCUT2D eigenvalue weighted by molar-refractivity contribution is 8.18. The van der Waals surface area contributed by atoms with Crippen molar-refractivity contribution < 1.29 is 23.5 Å². The maximum atomic E-state index is 12.5. The Kier molecular flexibility index (Phi) is 6.87. The lowest BCUT2D eigenvalue weighted by molar-refractivity contribution is -0.147. The number of furan rings is 1. The predicted octanol–water partition coefficient (Wildman–Crippen LogP) is 4.97. The normalized spacial score (nSPS) is 15.6. The molecule has 8 heteroatoms. The summed E-state index contributed by atoms with van der Waals surface area (Å²) in [5.41, 5.74) is 1.18. The highest BCUT2D eigenvalue weighted by Gasteiger charge is 2.37. The van der Waals surface area contributed by atoms with E-state index in [4.69, 9.17) is 9.15 Å². The number of carbonyl (C=O) groups is 3. The van der Waals surface area contributed by atoms with Crippen LogP contribution in [0.25, 0.3) is 6.08 Å². The van der Waals surface area contributed by atoms with E-state index in [0.29, 0.717) is 10.9 Å². The number of esters is 1. The zero-order chi connectivity index (χ0) is 21.0. The maximum absolute atomic E-state index is 12.5. The Labute approximate surface area is 177 Å². The molecule has 1 aromatic heterocycles. The van der Waals surface area contributed by atoms with E-state index in [1.165, 1.54) is 23.4 Å². The lowest BCUT2D eigenvalue weighted by Crippen LogP contribution is -2.34. The summed E-state index contributed by atoms with van der Waals surface area (Å²) in [5.74, 6) is -0.477. The van der Waals surface area contributed by atoms with Crippen molar-refractivity contribution in [2.45, 2.75) is 30.8 Å². The van der Waals surface area contributed by atoms with Crippen LogP contribution in [0.4, 0.5) is 4.79 Å². The molecule has 3 rings (SSSR count). The first kappa shape index (κ1) is 21.3. The molecule has 152 valence electrons. The third-order valence-electron chi connectivity index (χ3n) is 3.85. The van der Waals surface area contributed by atoms with Gasteiger partial charge in [0, 0.05) is 11.0 Å². The van der Waals surface area contributed by atoms with Crippen molar-refractivity contribution in [3.63, 3.8) is 0 Å². The summed E-state index contributed by atoms with van der Waals surface area (Å²) >= 11 is 2.25. The van der Waals surface area contributed by atoms with E-state index >= 15 is 0 Å². The van der Waals surface area contributed by atoms with E-state index in [0.717, 1.165) is 21.6 Å². The van der Waals surface area contributed by atoms with Crippen molar-refractivity contribution in [1.82, 2.24) is 4.90 Å². The van der Waals surface area contributed by atoms with Gasteiger partial charge in [0.2, 0.25) is 0 Å². The van der Waals surface area contributed by atoms with Gasteiger partial charge < -0.3 is 9.15 Å². The number of benzene rings is 1. The van der Waals surface area contributed by atoms with Gasteiger partial charge in [0.25, 0.3) is 11.1 Å². The molecular weight excluding hydrogens is 410 g/mol. The maximum Gasteiger partial charge on any atom is 0.326 e. The van der Waals surface area contributed by atoms with Crippen molar-refractivity contribution in [2.24, 2.45) is 5.92 Å². The standard InChI is InChI=1S/C21H21NO5S2/c1-13(2)12-26-18(23)11-22-20(24)17(29-21(22)25)10-15-6-9-19(27-15)28-16-7-4-14(3)5-8-16/h4-10,13H,11-12H2,1-3H3/b17-10-. The molecule has 1 aliphatic rings. The molecule has 6 nitrogen and oxygen atoms in total. The molecule has 0 saturated carbocycles. The van der Waals surface area contributed by atoms with Gasteiger partial charge in [-0.15, -0.1) is 0 Å². The quantitative estimate of drug-likeness (QED) is 0.452. The average molecular weight is 432 g/mol. The third kappa shape index (κ3) is 5.77. The molecule has 2 aromatic rings. The Hall–Kier alpha value is -2.45. The van der Waals surface area contributed by atoms with Gasteiger partial charge in [-0.3, -0.25) is 19.3 Å². The average Bonchev–Trinajstić information content (AvgIpc) is 3.21. The summed E-state index contributed by atoms with van der Waals surface area (Å²) in [6, 6.07) is 11.6. The summed E-state index contributed by atoms with van der Waals surface area (Å²) in [6.07, 6.45) is 1.52. The molecule has 0 unspecified atom stereocenters. The minimum atomic E-state index is -0.600. The fraction of sp³-hybridized carbons (Fsp3) is 0.286. The second-order valence-electron chi connectivity index (χ2n) is 6.92. The number of imide groups is 1. The number of hydrogen-bond donors (Lipinski definition) is 0. The van der Waals surface area contributed by atoms with Crippen molar-refractivity contribution in [3.8, 4) is 0 Å². The van der Waals surface area contributed by atoms with E-state index in [1.54, 1.807) is 6.07 Å². The summed E-state index contributed by atoms with van der Waals surface area (Å²) < 4.78 is 10.8. The van der Waals surface area contributed by atoms with Crippen LogP contribution in [0.3, 0.4) is 0 Å². The lowest BCUT2D eigenvalue weighted by Gasteiger charge is -2.12. The Bertz CT molecular complexity index is 946. The van der Waals surface area contributed by atoms with Crippen LogP contribution in [-0.4, -0.2) is 35.2 Å². The van der Waals surface area contributed by atoms with E-state index in [2.05, 4.69) is 0 Å². The minimum absolute atomic E-state index is 0.180. The SMILES string of the molecule is Cc1ccc(Sc2ccc(/C=C3\SC(=O)N(CC(=O)OCC(C)C)C3=O)o2)cc1. The van der Waals surface area contributed by atoms with Gasteiger partial charge >= 0.3 is 5.97 Å². The van der Waals surface area contributed by atoms with Crippen LogP contribution in [-0.2, 0) is 14.3 Å². The molecule has 2 heterocycles. The van der Waals surface area contributed by atoms with E-state index < -0.39 is 17.1 Å². The first-order valence-corrected chi connectivity index (χ1v) is 10.7. The molecule has 1 aromatic carbocycles. The molecule has 0 aliphatic carbocycles. The van der Waals surface area contributed by atoms with Crippen molar-refractivity contribution in [2.75, 3.05) is 13.2 Å². The van der Waals surface area contributed by atoms with Crippen LogP contribution in [0.5, 0.6) is 0 Å². The number of hydrogen-bond acceptors (Lipinski definition) is 7. The summed E-state index contributed by atoms with van der Waals surface area (Å²) in [4.78, 5) is 38.6.